The zero-order chi connectivity index (χ0) is 8.27. The van der Waals surface area contributed by atoms with Gasteiger partial charge in [-0.25, -0.2) is 0 Å². The van der Waals surface area contributed by atoms with Crippen molar-refractivity contribution in [3.63, 3.8) is 0 Å². The second-order valence-corrected chi connectivity index (χ2v) is 3.33. The first kappa shape index (κ1) is 8.58. The molecule has 0 aliphatic carbocycles. The Morgan fingerprint density at radius 3 is 2.73 bits per heavy atom. The monoisotopic (exact) mass is 172 g/mol. The SMILES string of the molecule is CC(C)C(NN)c1csnn1. The molecule has 1 heterocycles. The highest BCUT2D eigenvalue weighted by molar-refractivity contribution is 7.03. The molecule has 0 saturated heterocycles. The smallest absolute Gasteiger partial charge is 0.0940 e. The second kappa shape index (κ2) is 3.75. The Labute approximate surface area is 69.9 Å². The summed E-state index contributed by atoms with van der Waals surface area (Å²) in [6.07, 6.45) is 0. The molecule has 0 amide bonds. The maximum Gasteiger partial charge on any atom is 0.0940 e. The summed E-state index contributed by atoms with van der Waals surface area (Å²) in [5.74, 6) is 5.79. The zero-order valence-corrected chi connectivity index (χ0v) is 7.43. The fourth-order valence-electron chi connectivity index (χ4n) is 0.927. The van der Waals surface area contributed by atoms with Gasteiger partial charge in [-0.2, -0.15) is 0 Å². The van der Waals surface area contributed by atoms with Crippen molar-refractivity contribution in [1.82, 2.24) is 15.0 Å². The van der Waals surface area contributed by atoms with Crippen LogP contribution in [0.1, 0.15) is 25.6 Å². The molecule has 0 aliphatic rings. The minimum atomic E-state index is 0.119. The quantitative estimate of drug-likeness (QED) is 0.520. The van der Waals surface area contributed by atoms with E-state index in [0.29, 0.717) is 5.92 Å². The predicted octanol–water partition coefficient (Wildman–Crippen LogP) is 0.699. The van der Waals surface area contributed by atoms with Crippen LogP contribution in [0.5, 0.6) is 0 Å². The summed E-state index contributed by atoms with van der Waals surface area (Å²) in [7, 11) is 0. The summed E-state index contributed by atoms with van der Waals surface area (Å²) >= 11 is 1.34. The van der Waals surface area contributed by atoms with Crippen LogP contribution in [0.25, 0.3) is 0 Å². The van der Waals surface area contributed by atoms with Gasteiger partial charge in [0.2, 0.25) is 0 Å². The topological polar surface area (TPSA) is 63.8 Å². The Balaban J connectivity index is 2.71. The molecule has 0 aliphatic heterocycles. The van der Waals surface area contributed by atoms with E-state index in [1.54, 1.807) is 0 Å². The van der Waals surface area contributed by atoms with Crippen LogP contribution in [-0.4, -0.2) is 9.59 Å². The van der Waals surface area contributed by atoms with Gasteiger partial charge in [0.25, 0.3) is 0 Å². The lowest BCUT2D eigenvalue weighted by Crippen LogP contribution is -2.31. The van der Waals surface area contributed by atoms with Crippen molar-refractivity contribution in [3.05, 3.63) is 11.1 Å². The summed E-state index contributed by atoms with van der Waals surface area (Å²) in [5, 5.41) is 5.84. The average molecular weight is 172 g/mol. The Morgan fingerprint density at radius 1 is 1.64 bits per heavy atom. The molecule has 0 aromatic carbocycles. The van der Waals surface area contributed by atoms with Crippen LogP contribution in [0.15, 0.2) is 5.38 Å². The van der Waals surface area contributed by atoms with Crippen molar-refractivity contribution in [3.8, 4) is 0 Å². The molecule has 1 aromatic heterocycles. The minimum Gasteiger partial charge on any atom is -0.271 e. The summed E-state index contributed by atoms with van der Waals surface area (Å²) in [5.41, 5.74) is 3.63. The van der Waals surface area contributed by atoms with E-state index in [4.69, 9.17) is 5.84 Å². The van der Waals surface area contributed by atoms with Crippen molar-refractivity contribution in [2.24, 2.45) is 11.8 Å². The fourth-order valence-corrected chi connectivity index (χ4v) is 1.42. The molecule has 0 bridgehead atoms. The molecule has 0 fully saturated rings. The van der Waals surface area contributed by atoms with Gasteiger partial charge < -0.3 is 0 Å². The minimum absolute atomic E-state index is 0.119. The lowest BCUT2D eigenvalue weighted by atomic mass is 10.0. The lowest BCUT2D eigenvalue weighted by Gasteiger charge is -2.16. The molecule has 0 saturated carbocycles. The van der Waals surface area contributed by atoms with E-state index in [-0.39, 0.29) is 6.04 Å². The number of hydrazine groups is 1. The molecule has 0 radical (unpaired) electrons. The average Bonchev–Trinajstić information content (AvgIpc) is 2.40. The third-order valence-corrected chi connectivity index (χ3v) is 2.06. The van der Waals surface area contributed by atoms with E-state index < -0.39 is 0 Å². The maximum atomic E-state index is 5.35. The van der Waals surface area contributed by atoms with Gasteiger partial charge in [-0.15, -0.1) is 5.10 Å². The van der Waals surface area contributed by atoms with Gasteiger partial charge in [0.15, 0.2) is 0 Å². The van der Waals surface area contributed by atoms with Crippen molar-refractivity contribution >= 4 is 11.5 Å². The highest BCUT2D eigenvalue weighted by Gasteiger charge is 2.15. The van der Waals surface area contributed by atoms with Gasteiger partial charge in [-0.1, -0.05) is 18.3 Å². The van der Waals surface area contributed by atoms with Crippen molar-refractivity contribution in [2.75, 3.05) is 0 Å². The van der Waals surface area contributed by atoms with E-state index in [1.807, 2.05) is 5.38 Å². The number of nitrogens with zero attached hydrogens (tertiary/aromatic N) is 2. The highest BCUT2D eigenvalue weighted by Crippen LogP contribution is 2.18. The molecule has 1 unspecified atom stereocenters. The van der Waals surface area contributed by atoms with E-state index in [0.717, 1.165) is 5.69 Å². The van der Waals surface area contributed by atoms with Crippen LogP contribution in [0, 0.1) is 5.92 Å². The van der Waals surface area contributed by atoms with Gasteiger partial charge in [-0.05, 0) is 17.5 Å². The number of nitrogens with one attached hydrogen (secondary N) is 1. The molecule has 62 valence electrons. The molecular weight excluding hydrogens is 160 g/mol. The van der Waals surface area contributed by atoms with Crippen LogP contribution >= 0.6 is 11.5 Å². The normalized spacial score (nSPS) is 13.8. The predicted molar refractivity (Wildman–Crippen MR) is 44.8 cm³/mol. The Kier molecular flexibility index (Phi) is 2.92. The van der Waals surface area contributed by atoms with E-state index in [9.17, 15) is 0 Å². The Morgan fingerprint density at radius 2 is 2.36 bits per heavy atom. The summed E-state index contributed by atoms with van der Waals surface area (Å²) < 4.78 is 3.77. The number of hydrogen-bond acceptors (Lipinski definition) is 5. The van der Waals surface area contributed by atoms with E-state index in [1.165, 1.54) is 11.5 Å². The number of aromatic nitrogens is 2. The van der Waals surface area contributed by atoms with Gasteiger partial charge in [0.1, 0.15) is 0 Å². The van der Waals surface area contributed by atoms with E-state index in [2.05, 4.69) is 28.9 Å². The fraction of sp³-hybridized carbons (Fsp3) is 0.667. The molecule has 1 atom stereocenters. The first-order valence-electron chi connectivity index (χ1n) is 3.48. The molecule has 5 heteroatoms. The van der Waals surface area contributed by atoms with Gasteiger partial charge in [0, 0.05) is 5.38 Å². The van der Waals surface area contributed by atoms with Crippen molar-refractivity contribution in [1.29, 1.82) is 0 Å². The number of nitrogens with two attached hydrogens (primary N) is 1. The molecular formula is C6H12N4S. The summed E-state index contributed by atoms with van der Waals surface area (Å²) in [6, 6.07) is 0.119. The molecule has 0 spiro atoms. The molecule has 4 nitrogen and oxygen atoms in total. The second-order valence-electron chi connectivity index (χ2n) is 2.72. The standard InChI is InChI=1S/C6H12N4S/c1-4(2)6(8-7)5-3-11-10-9-5/h3-4,6,8H,7H2,1-2H3. The lowest BCUT2D eigenvalue weighted by molar-refractivity contribution is 0.412. The van der Waals surface area contributed by atoms with Crippen LogP contribution in [0.3, 0.4) is 0 Å². The van der Waals surface area contributed by atoms with Crippen molar-refractivity contribution in [2.45, 2.75) is 19.9 Å². The highest BCUT2D eigenvalue weighted by atomic mass is 32.1. The largest absolute Gasteiger partial charge is 0.271 e. The number of hydrogen-bond donors (Lipinski definition) is 2. The van der Waals surface area contributed by atoms with Crippen LogP contribution < -0.4 is 11.3 Å². The number of rotatable bonds is 3. The van der Waals surface area contributed by atoms with Crippen molar-refractivity contribution < 1.29 is 0 Å². The molecule has 3 N–H and O–H groups in total. The first-order chi connectivity index (χ1) is 5.25. The van der Waals surface area contributed by atoms with Gasteiger partial charge in [0.05, 0.1) is 11.7 Å². The summed E-state index contributed by atoms with van der Waals surface area (Å²) in [6.45, 7) is 4.17. The summed E-state index contributed by atoms with van der Waals surface area (Å²) in [4.78, 5) is 0. The van der Waals surface area contributed by atoms with Gasteiger partial charge in [-0.3, -0.25) is 11.3 Å². The van der Waals surface area contributed by atoms with E-state index >= 15 is 0 Å². The molecule has 1 aromatic rings. The molecule has 1 rings (SSSR count). The third-order valence-electron chi connectivity index (χ3n) is 1.54. The third kappa shape index (κ3) is 1.95. The van der Waals surface area contributed by atoms with Crippen LogP contribution in [0.4, 0.5) is 0 Å². The maximum absolute atomic E-state index is 5.35. The molecule has 11 heavy (non-hydrogen) atoms. The first-order valence-corrected chi connectivity index (χ1v) is 4.32. The van der Waals surface area contributed by atoms with Crippen LogP contribution in [-0.2, 0) is 0 Å². The van der Waals surface area contributed by atoms with Gasteiger partial charge >= 0.3 is 0 Å². The Hall–Kier alpha value is -0.520. The van der Waals surface area contributed by atoms with Crippen LogP contribution in [0.2, 0.25) is 0 Å². The zero-order valence-electron chi connectivity index (χ0n) is 6.61. The Bertz CT molecular complexity index is 196.